The highest BCUT2D eigenvalue weighted by Gasteiger charge is 2.29. The Balaban J connectivity index is 1.89. The summed E-state index contributed by atoms with van der Waals surface area (Å²) in [5.41, 5.74) is -0.563. The fourth-order valence-electron chi connectivity index (χ4n) is 2.15. The third kappa shape index (κ3) is 3.40. The van der Waals surface area contributed by atoms with E-state index in [0.29, 0.717) is 0 Å². The maximum Gasteiger partial charge on any atom is 0.271 e. The van der Waals surface area contributed by atoms with Crippen LogP contribution in [-0.4, -0.2) is 33.1 Å². The average molecular weight is 270 g/mol. The number of carbonyl (C=O) groups excluding carboxylic acids is 1. The van der Waals surface area contributed by atoms with Crippen molar-refractivity contribution >= 4 is 17.5 Å². The molecule has 1 aromatic rings. The van der Waals surface area contributed by atoms with Crippen molar-refractivity contribution < 1.29 is 9.90 Å². The molecule has 6 heteroatoms. The van der Waals surface area contributed by atoms with Gasteiger partial charge in [-0.2, -0.15) is 0 Å². The smallest absolute Gasteiger partial charge is 0.271 e. The zero-order chi connectivity index (χ0) is 13.0. The molecule has 0 unspecified atom stereocenters. The fourth-order valence-corrected chi connectivity index (χ4v) is 2.25. The third-order valence-electron chi connectivity index (χ3n) is 3.22. The highest BCUT2D eigenvalue weighted by atomic mass is 35.5. The minimum absolute atomic E-state index is 0.207. The largest absolute Gasteiger partial charge is 0.388 e. The second-order valence-corrected chi connectivity index (χ2v) is 5.08. The van der Waals surface area contributed by atoms with Crippen molar-refractivity contribution in [3.63, 3.8) is 0 Å². The van der Waals surface area contributed by atoms with E-state index in [-0.39, 0.29) is 23.3 Å². The van der Waals surface area contributed by atoms with Gasteiger partial charge in [-0.3, -0.25) is 4.79 Å². The van der Waals surface area contributed by atoms with Gasteiger partial charge in [0, 0.05) is 6.54 Å². The molecule has 1 aliphatic rings. The van der Waals surface area contributed by atoms with Crippen LogP contribution in [0.25, 0.3) is 0 Å². The minimum Gasteiger partial charge on any atom is -0.388 e. The number of nitrogens with zero attached hydrogens (tertiary/aromatic N) is 2. The van der Waals surface area contributed by atoms with Crippen molar-refractivity contribution in [3.05, 3.63) is 23.2 Å². The monoisotopic (exact) mass is 269 g/mol. The van der Waals surface area contributed by atoms with Gasteiger partial charge in [0.1, 0.15) is 10.8 Å². The summed E-state index contributed by atoms with van der Waals surface area (Å²) in [6, 6.07) is 0. The molecule has 18 heavy (non-hydrogen) atoms. The maximum absolute atomic E-state index is 11.8. The topological polar surface area (TPSA) is 75.1 Å². The van der Waals surface area contributed by atoms with E-state index in [1.165, 1.54) is 12.4 Å². The van der Waals surface area contributed by atoms with Gasteiger partial charge >= 0.3 is 0 Å². The van der Waals surface area contributed by atoms with Crippen molar-refractivity contribution in [2.75, 3.05) is 6.54 Å². The van der Waals surface area contributed by atoms with Gasteiger partial charge in [-0.15, -0.1) is 0 Å². The van der Waals surface area contributed by atoms with Crippen molar-refractivity contribution in [1.82, 2.24) is 15.3 Å². The Bertz CT molecular complexity index is 416. The first kappa shape index (κ1) is 13.2. The predicted octanol–water partition coefficient (Wildman–Crippen LogP) is 1.55. The molecule has 0 radical (unpaired) electrons. The Morgan fingerprint density at radius 1 is 1.33 bits per heavy atom. The number of halogens is 1. The predicted molar refractivity (Wildman–Crippen MR) is 67.4 cm³/mol. The Hall–Kier alpha value is -1.20. The van der Waals surface area contributed by atoms with Crippen molar-refractivity contribution in [2.24, 2.45) is 0 Å². The van der Waals surface area contributed by atoms with E-state index in [1.54, 1.807) is 0 Å². The van der Waals surface area contributed by atoms with E-state index in [1.807, 2.05) is 0 Å². The summed E-state index contributed by atoms with van der Waals surface area (Å²) in [4.78, 5) is 19.4. The Morgan fingerprint density at radius 3 is 2.67 bits per heavy atom. The van der Waals surface area contributed by atoms with E-state index in [0.717, 1.165) is 32.1 Å². The second-order valence-electron chi connectivity index (χ2n) is 4.69. The number of amides is 1. The second kappa shape index (κ2) is 5.63. The van der Waals surface area contributed by atoms with Gasteiger partial charge in [0.2, 0.25) is 0 Å². The van der Waals surface area contributed by atoms with Crippen LogP contribution in [0.3, 0.4) is 0 Å². The molecule has 1 saturated carbocycles. The van der Waals surface area contributed by atoms with Gasteiger partial charge in [0.05, 0.1) is 18.0 Å². The van der Waals surface area contributed by atoms with Crippen molar-refractivity contribution in [1.29, 1.82) is 0 Å². The summed E-state index contributed by atoms with van der Waals surface area (Å²) in [7, 11) is 0. The lowest BCUT2D eigenvalue weighted by atomic mass is 9.85. The Kier molecular flexibility index (Phi) is 4.14. The van der Waals surface area contributed by atoms with Gasteiger partial charge in [-0.25, -0.2) is 9.97 Å². The number of carbonyl (C=O) groups is 1. The van der Waals surface area contributed by atoms with E-state index in [2.05, 4.69) is 15.3 Å². The molecule has 0 saturated heterocycles. The van der Waals surface area contributed by atoms with Gasteiger partial charge in [0.15, 0.2) is 0 Å². The molecule has 0 bridgehead atoms. The molecule has 2 N–H and O–H groups in total. The number of aromatic nitrogens is 2. The lowest BCUT2D eigenvalue weighted by Gasteiger charge is -2.32. The first-order chi connectivity index (χ1) is 8.59. The van der Waals surface area contributed by atoms with Crippen LogP contribution in [0.4, 0.5) is 0 Å². The molecule has 1 heterocycles. The first-order valence-electron chi connectivity index (χ1n) is 6.07. The normalized spacial score (nSPS) is 18.3. The molecule has 0 aromatic carbocycles. The number of hydrogen-bond donors (Lipinski definition) is 2. The standard InChI is InChI=1S/C12H16ClN3O2/c13-10-7-14-9(6-15-10)11(17)16-8-12(18)4-2-1-3-5-12/h6-7,18H,1-5,8H2,(H,16,17). The van der Waals surface area contributed by atoms with Crippen molar-refractivity contribution in [2.45, 2.75) is 37.7 Å². The molecule has 1 aromatic heterocycles. The molecule has 2 rings (SSSR count). The highest BCUT2D eigenvalue weighted by molar-refractivity contribution is 6.29. The van der Waals surface area contributed by atoms with E-state index in [4.69, 9.17) is 11.6 Å². The third-order valence-corrected chi connectivity index (χ3v) is 3.41. The van der Waals surface area contributed by atoms with Crippen molar-refractivity contribution in [3.8, 4) is 0 Å². The summed E-state index contributed by atoms with van der Waals surface area (Å²) < 4.78 is 0. The lowest BCUT2D eigenvalue weighted by Crippen LogP contribution is -2.44. The summed E-state index contributed by atoms with van der Waals surface area (Å²) in [6.07, 6.45) is 7.28. The Morgan fingerprint density at radius 2 is 2.06 bits per heavy atom. The van der Waals surface area contributed by atoms with Gasteiger partial charge in [0.25, 0.3) is 5.91 Å². The molecular weight excluding hydrogens is 254 g/mol. The molecule has 1 aliphatic carbocycles. The van der Waals surface area contributed by atoms with Gasteiger partial charge in [-0.1, -0.05) is 30.9 Å². The number of rotatable bonds is 3. The van der Waals surface area contributed by atoms with Crippen LogP contribution in [0.1, 0.15) is 42.6 Å². The summed E-state index contributed by atoms with van der Waals surface area (Å²) >= 11 is 5.59. The molecular formula is C12H16ClN3O2. The quantitative estimate of drug-likeness (QED) is 0.873. The first-order valence-corrected chi connectivity index (χ1v) is 6.45. The molecule has 1 amide bonds. The summed E-state index contributed by atoms with van der Waals surface area (Å²) in [6.45, 7) is 0.260. The molecule has 98 valence electrons. The van der Waals surface area contributed by atoms with Crippen LogP contribution in [0, 0.1) is 0 Å². The number of aliphatic hydroxyl groups is 1. The van der Waals surface area contributed by atoms with Gasteiger partial charge < -0.3 is 10.4 Å². The molecule has 0 atom stereocenters. The zero-order valence-corrected chi connectivity index (χ0v) is 10.8. The molecule has 1 fully saturated rings. The van der Waals surface area contributed by atoms with Crippen LogP contribution in [-0.2, 0) is 0 Å². The molecule has 0 aliphatic heterocycles. The number of nitrogens with one attached hydrogen (secondary N) is 1. The zero-order valence-electron chi connectivity index (χ0n) is 10.0. The molecule has 0 spiro atoms. The minimum atomic E-state index is -0.770. The van der Waals surface area contributed by atoms with Crippen LogP contribution in [0.15, 0.2) is 12.4 Å². The van der Waals surface area contributed by atoms with E-state index >= 15 is 0 Å². The maximum atomic E-state index is 11.8. The SMILES string of the molecule is O=C(NCC1(O)CCCCC1)c1cnc(Cl)cn1. The van der Waals surface area contributed by atoms with Crippen LogP contribution in [0.5, 0.6) is 0 Å². The summed E-state index contributed by atoms with van der Waals surface area (Å²) in [5, 5.41) is 13.2. The lowest BCUT2D eigenvalue weighted by molar-refractivity contribution is 0.00521. The summed E-state index contributed by atoms with van der Waals surface area (Å²) in [5.74, 6) is -0.335. The average Bonchev–Trinajstić information content (AvgIpc) is 2.38. The highest BCUT2D eigenvalue weighted by Crippen LogP contribution is 2.27. The van der Waals surface area contributed by atoms with E-state index < -0.39 is 5.60 Å². The number of hydrogen-bond acceptors (Lipinski definition) is 4. The van der Waals surface area contributed by atoms with Crippen LogP contribution >= 0.6 is 11.6 Å². The van der Waals surface area contributed by atoms with E-state index in [9.17, 15) is 9.90 Å². The Labute approximate surface area is 111 Å². The molecule has 5 nitrogen and oxygen atoms in total. The van der Waals surface area contributed by atoms with Gasteiger partial charge in [-0.05, 0) is 12.8 Å². The van der Waals surface area contributed by atoms with Crippen LogP contribution in [0.2, 0.25) is 5.15 Å². The van der Waals surface area contributed by atoms with Crippen LogP contribution < -0.4 is 5.32 Å². The fraction of sp³-hybridized carbons (Fsp3) is 0.583.